The molecule has 0 amide bonds. The Bertz CT molecular complexity index is 1280. The lowest BCUT2D eigenvalue weighted by molar-refractivity contribution is -0.151. The first kappa shape index (κ1) is 27.1. The summed E-state index contributed by atoms with van der Waals surface area (Å²) in [5, 5.41) is 3.31. The van der Waals surface area contributed by atoms with Gasteiger partial charge in [0.15, 0.2) is 28.8 Å². The van der Waals surface area contributed by atoms with Crippen LogP contribution in [-0.2, 0) is 14.3 Å². The highest BCUT2D eigenvalue weighted by Gasteiger charge is 2.47. The fraction of sp³-hybridized carbons (Fsp3) is 0.400. The number of esters is 1. The van der Waals surface area contributed by atoms with Crippen LogP contribution in [0.1, 0.15) is 49.7 Å². The van der Waals surface area contributed by atoms with E-state index in [-0.39, 0.29) is 24.2 Å². The second-order valence-electron chi connectivity index (χ2n) is 9.71. The lowest BCUT2D eigenvalue weighted by Crippen LogP contribution is -2.42. The summed E-state index contributed by atoms with van der Waals surface area (Å²) in [5.41, 5.74) is 3.41. The summed E-state index contributed by atoms with van der Waals surface area (Å²) >= 11 is 0. The van der Waals surface area contributed by atoms with Gasteiger partial charge in [0.2, 0.25) is 0 Å². The summed E-state index contributed by atoms with van der Waals surface area (Å²) in [5.74, 6) is 0.156. The van der Waals surface area contributed by atoms with E-state index >= 15 is 0 Å². The first-order chi connectivity index (χ1) is 18.2. The van der Waals surface area contributed by atoms with Gasteiger partial charge in [0.1, 0.15) is 5.92 Å². The van der Waals surface area contributed by atoms with E-state index in [1.54, 1.807) is 48.4 Å². The Morgan fingerprint density at radius 1 is 0.947 bits per heavy atom. The number of Topliss-reactive ketones (excluding diaryl/α,β-unsaturated/α-hetero) is 1. The summed E-state index contributed by atoms with van der Waals surface area (Å²) in [6.45, 7) is 7.78. The second-order valence-corrected chi connectivity index (χ2v) is 9.71. The predicted molar refractivity (Wildman–Crippen MR) is 143 cm³/mol. The lowest BCUT2D eigenvalue weighted by atomic mass is 9.68. The third kappa shape index (κ3) is 4.95. The number of allylic oxidation sites excluding steroid dienone is 2. The molecule has 1 aliphatic heterocycles. The molecule has 1 heterocycles. The van der Waals surface area contributed by atoms with E-state index in [0.717, 1.165) is 11.3 Å². The maximum atomic E-state index is 13.9. The normalized spacial score (nSPS) is 21.0. The molecular formula is C30H35NO7. The number of benzene rings is 2. The molecule has 2 aromatic carbocycles. The van der Waals surface area contributed by atoms with E-state index in [9.17, 15) is 9.59 Å². The van der Waals surface area contributed by atoms with Crippen LogP contribution in [0.15, 0.2) is 59.9 Å². The number of methoxy groups -OCH3 is 4. The Kier molecular flexibility index (Phi) is 7.99. The van der Waals surface area contributed by atoms with Gasteiger partial charge in [0.05, 0.1) is 34.5 Å². The largest absolute Gasteiger partial charge is 0.493 e. The highest BCUT2D eigenvalue weighted by molar-refractivity contribution is 6.01. The Hall–Kier alpha value is -3.94. The van der Waals surface area contributed by atoms with Gasteiger partial charge < -0.3 is 29.0 Å². The number of rotatable bonds is 8. The summed E-state index contributed by atoms with van der Waals surface area (Å²) in [6, 6.07) is 11.2. The Labute approximate surface area is 223 Å². The summed E-state index contributed by atoms with van der Waals surface area (Å²) < 4.78 is 27.7. The minimum atomic E-state index is -0.821. The molecule has 3 unspecified atom stereocenters. The summed E-state index contributed by atoms with van der Waals surface area (Å²) in [4.78, 5) is 27.3. The smallest absolute Gasteiger partial charge is 0.316 e. The van der Waals surface area contributed by atoms with Gasteiger partial charge in [-0.3, -0.25) is 9.59 Å². The van der Waals surface area contributed by atoms with Crippen molar-refractivity contribution < 1.29 is 33.3 Å². The number of nitrogens with one attached hydrogen (secondary N) is 1. The van der Waals surface area contributed by atoms with Crippen LogP contribution in [0, 0.1) is 5.92 Å². The van der Waals surface area contributed by atoms with Gasteiger partial charge in [-0.2, -0.15) is 0 Å². The fourth-order valence-electron chi connectivity index (χ4n) is 5.47. The molecular weight excluding hydrogens is 486 g/mol. The summed E-state index contributed by atoms with van der Waals surface area (Å²) in [7, 11) is 6.27. The number of ketones is 1. The van der Waals surface area contributed by atoms with Crippen molar-refractivity contribution in [2.24, 2.45) is 5.92 Å². The number of para-hydroxylation sites is 1. The van der Waals surface area contributed by atoms with E-state index < -0.39 is 17.8 Å². The molecule has 0 spiro atoms. The lowest BCUT2D eigenvalue weighted by Gasteiger charge is -2.40. The maximum absolute atomic E-state index is 13.9. The molecule has 2 aliphatic rings. The molecule has 0 saturated heterocycles. The number of carbonyl (C=O) groups excluding carboxylic acids is 2. The van der Waals surface area contributed by atoms with Crippen molar-refractivity contribution in [2.45, 2.75) is 44.6 Å². The SMILES string of the molecule is C=C1NC2=C(C(=O)CC(c3ccc(OC)c(OC)c3)C2)C(c2cccc(OC)c2OC)C1C(=O)OC(C)C. The first-order valence-electron chi connectivity index (χ1n) is 12.6. The average Bonchev–Trinajstić information content (AvgIpc) is 2.90. The van der Waals surface area contributed by atoms with Crippen molar-refractivity contribution in [3.8, 4) is 23.0 Å². The monoisotopic (exact) mass is 521 g/mol. The molecule has 0 bridgehead atoms. The van der Waals surface area contributed by atoms with Crippen LogP contribution in [0.5, 0.6) is 23.0 Å². The van der Waals surface area contributed by atoms with Gasteiger partial charge in [-0.15, -0.1) is 0 Å². The molecule has 0 aromatic heterocycles. The van der Waals surface area contributed by atoms with Crippen LogP contribution in [0.3, 0.4) is 0 Å². The van der Waals surface area contributed by atoms with Crippen molar-refractivity contribution in [3.05, 3.63) is 71.1 Å². The van der Waals surface area contributed by atoms with Crippen molar-refractivity contribution in [2.75, 3.05) is 28.4 Å². The van der Waals surface area contributed by atoms with Crippen LogP contribution in [-0.4, -0.2) is 46.3 Å². The van der Waals surface area contributed by atoms with Crippen LogP contribution in [0.2, 0.25) is 0 Å². The van der Waals surface area contributed by atoms with Crippen molar-refractivity contribution in [1.29, 1.82) is 0 Å². The number of ether oxygens (including phenoxy) is 5. The fourth-order valence-corrected chi connectivity index (χ4v) is 5.47. The van der Waals surface area contributed by atoms with Crippen LogP contribution in [0.25, 0.3) is 0 Å². The molecule has 0 fully saturated rings. The number of hydrogen-bond donors (Lipinski definition) is 1. The van der Waals surface area contributed by atoms with E-state index in [2.05, 4.69) is 11.9 Å². The van der Waals surface area contributed by atoms with Gasteiger partial charge in [0, 0.05) is 34.9 Å². The number of carbonyl (C=O) groups is 2. The summed E-state index contributed by atoms with van der Waals surface area (Å²) in [6.07, 6.45) is 0.511. The molecule has 38 heavy (non-hydrogen) atoms. The van der Waals surface area contributed by atoms with Crippen LogP contribution >= 0.6 is 0 Å². The van der Waals surface area contributed by atoms with Crippen molar-refractivity contribution in [3.63, 3.8) is 0 Å². The third-order valence-corrected chi connectivity index (χ3v) is 7.09. The Morgan fingerprint density at radius 3 is 2.29 bits per heavy atom. The van der Waals surface area contributed by atoms with Gasteiger partial charge in [0.25, 0.3) is 0 Å². The molecule has 0 radical (unpaired) electrons. The molecule has 2 aromatic rings. The standard InChI is InChI=1S/C30H35NO7/c1-16(2)38-30(33)26-17(3)31-21-13-19(18-11-12-23(34-4)25(15-18)36-6)14-22(32)28(21)27(26)20-9-8-10-24(35-5)29(20)37-7/h8-12,15-16,19,26-27,31H,3,13-14H2,1-2,4-7H3. The van der Waals surface area contributed by atoms with Gasteiger partial charge in [-0.05, 0) is 49.9 Å². The van der Waals surface area contributed by atoms with Crippen molar-refractivity contribution in [1.82, 2.24) is 5.32 Å². The quantitative estimate of drug-likeness (QED) is 0.491. The van der Waals surface area contributed by atoms with E-state index in [4.69, 9.17) is 23.7 Å². The second kappa shape index (κ2) is 11.2. The number of hydrogen-bond acceptors (Lipinski definition) is 8. The zero-order valence-electron chi connectivity index (χ0n) is 22.8. The molecule has 4 rings (SSSR count). The zero-order chi connectivity index (χ0) is 27.6. The van der Waals surface area contributed by atoms with Crippen molar-refractivity contribution >= 4 is 11.8 Å². The van der Waals surface area contributed by atoms with E-state index in [1.165, 1.54) is 0 Å². The maximum Gasteiger partial charge on any atom is 0.316 e. The first-order valence-corrected chi connectivity index (χ1v) is 12.6. The topological polar surface area (TPSA) is 92.3 Å². The molecule has 8 nitrogen and oxygen atoms in total. The molecule has 8 heteroatoms. The minimum absolute atomic E-state index is 0.0525. The molecule has 1 N–H and O–H groups in total. The third-order valence-electron chi connectivity index (χ3n) is 7.09. The Balaban J connectivity index is 1.84. The molecule has 0 saturated carbocycles. The van der Waals surface area contributed by atoms with Gasteiger partial charge in [-0.25, -0.2) is 0 Å². The molecule has 1 aliphatic carbocycles. The van der Waals surface area contributed by atoms with E-state index in [1.807, 2.05) is 30.3 Å². The zero-order valence-corrected chi connectivity index (χ0v) is 22.8. The van der Waals surface area contributed by atoms with Gasteiger partial charge in [-0.1, -0.05) is 24.8 Å². The predicted octanol–water partition coefficient (Wildman–Crippen LogP) is 4.89. The van der Waals surface area contributed by atoms with Crippen LogP contribution < -0.4 is 24.3 Å². The molecule has 3 atom stereocenters. The average molecular weight is 522 g/mol. The van der Waals surface area contributed by atoms with Gasteiger partial charge >= 0.3 is 5.97 Å². The molecule has 202 valence electrons. The highest BCUT2D eigenvalue weighted by atomic mass is 16.5. The Morgan fingerprint density at radius 2 is 1.66 bits per heavy atom. The van der Waals surface area contributed by atoms with Crippen LogP contribution in [0.4, 0.5) is 0 Å². The highest BCUT2D eigenvalue weighted by Crippen LogP contribution is 2.51. The minimum Gasteiger partial charge on any atom is -0.493 e. The van der Waals surface area contributed by atoms with E-state index in [0.29, 0.717) is 46.3 Å².